The number of halogens is 1. The Bertz CT molecular complexity index is 994. The molecule has 0 aliphatic carbocycles. The molecule has 0 unspecified atom stereocenters. The highest BCUT2D eigenvalue weighted by atomic mass is 32.2. The molecule has 0 bridgehead atoms. The molecule has 3 rings (SSSR count). The number of hydrogen-bond donors (Lipinski definition) is 1. The highest BCUT2D eigenvalue weighted by molar-refractivity contribution is 7.89. The van der Waals surface area contributed by atoms with Gasteiger partial charge < -0.3 is 9.80 Å². The molecule has 0 fully saturated rings. The summed E-state index contributed by atoms with van der Waals surface area (Å²) in [5.41, 5.74) is 2.05. The van der Waals surface area contributed by atoms with Crippen LogP contribution in [0.1, 0.15) is 19.4 Å². The molecule has 0 radical (unpaired) electrons. The zero-order valence-corrected chi connectivity index (χ0v) is 17.6. The highest BCUT2D eigenvalue weighted by Crippen LogP contribution is 2.25. The van der Waals surface area contributed by atoms with Crippen LogP contribution in [0.2, 0.25) is 0 Å². The first-order valence-electron chi connectivity index (χ1n) is 9.55. The Morgan fingerprint density at radius 2 is 1.72 bits per heavy atom. The number of para-hydroxylation sites is 1. The lowest BCUT2D eigenvalue weighted by atomic mass is 10.0. The van der Waals surface area contributed by atoms with Crippen molar-refractivity contribution < 1.29 is 17.6 Å². The number of hydrogen-bond acceptors (Lipinski definition) is 4. The van der Waals surface area contributed by atoms with E-state index in [9.17, 15) is 17.6 Å². The number of sulfonamides is 1. The summed E-state index contributed by atoms with van der Waals surface area (Å²) in [6.45, 7) is 5.03. The standard InChI is InChI=1S/C21H26FN3O3S/c1-15(2)20(23-29(27,28)19-11-7-5-9-17(19)22)21(26)25-13-12-24(3)18-10-6-4-8-16(18)14-25/h4-11,15,20,23H,12-14H2,1-3H3/t20-/m0/s1. The van der Waals surface area contributed by atoms with Gasteiger partial charge in [-0.1, -0.05) is 44.2 Å². The lowest BCUT2D eigenvalue weighted by molar-refractivity contribution is -0.134. The molecule has 156 valence electrons. The van der Waals surface area contributed by atoms with E-state index in [0.29, 0.717) is 19.6 Å². The van der Waals surface area contributed by atoms with E-state index < -0.39 is 26.8 Å². The monoisotopic (exact) mass is 419 g/mol. The first kappa shape index (κ1) is 21.3. The number of amides is 1. The second-order valence-electron chi connectivity index (χ2n) is 7.58. The average Bonchev–Trinajstić information content (AvgIpc) is 2.85. The molecular weight excluding hydrogens is 393 g/mol. The van der Waals surface area contributed by atoms with E-state index in [1.165, 1.54) is 18.2 Å². The van der Waals surface area contributed by atoms with Crippen LogP contribution in [0, 0.1) is 11.7 Å². The van der Waals surface area contributed by atoms with Gasteiger partial charge in [-0.2, -0.15) is 4.72 Å². The fraction of sp³-hybridized carbons (Fsp3) is 0.381. The van der Waals surface area contributed by atoms with Gasteiger partial charge in [0.1, 0.15) is 16.8 Å². The molecule has 6 nitrogen and oxygen atoms in total. The summed E-state index contributed by atoms with van der Waals surface area (Å²) in [7, 11) is -2.22. The molecule has 0 aromatic heterocycles. The van der Waals surface area contributed by atoms with Crippen molar-refractivity contribution in [1.82, 2.24) is 9.62 Å². The number of rotatable bonds is 5. The van der Waals surface area contributed by atoms with Crippen LogP contribution in [0.25, 0.3) is 0 Å². The fourth-order valence-corrected chi connectivity index (χ4v) is 4.86. The Labute approximate surface area is 171 Å². The van der Waals surface area contributed by atoms with Crippen LogP contribution in [0.3, 0.4) is 0 Å². The Kier molecular flexibility index (Phi) is 6.24. The van der Waals surface area contributed by atoms with Crippen molar-refractivity contribution in [3.05, 3.63) is 59.9 Å². The second-order valence-corrected chi connectivity index (χ2v) is 9.27. The van der Waals surface area contributed by atoms with E-state index in [2.05, 4.69) is 9.62 Å². The van der Waals surface area contributed by atoms with E-state index >= 15 is 0 Å². The molecule has 2 aromatic rings. The highest BCUT2D eigenvalue weighted by Gasteiger charge is 2.33. The fourth-order valence-electron chi connectivity index (χ4n) is 3.44. The van der Waals surface area contributed by atoms with Gasteiger partial charge in [-0.05, 0) is 29.7 Å². The van der Waals surface area contributed by atoms with Gasteiger partial charge in [0.25, 0.3) is 0 Å². The maximum atomic E-state index is 14.0. The van der Waals surface area contributed by atoms with Gasteiger partial charge in [0.15, 0.2) is 0 Å². The van der Waals surface area contributed by atoms with E-state index in [1.54, 1.807) is 18.7 Å². The Morgan fingerprint density at radius 1 is 1.07 bits per heavy atom. The van der Waals surface area contributed by atoms with E-state index in [4.69, 9.17) is 0 Å². The Balaban J connectivity index is 1.86. The minimum absolute atomic E-state index is 0.305. The maximum absolute atomic E-state index is 14.0. The smallest absolute Gasteiger partial charge is 0.244 e. The first-order valence-corrected chi connectivity index (χ1v) is 11.0. The van der Waals surface area contributed by atoms with Crippen molar-refractivity contribution in [1.29, 1.82) is 0 Å². The van der Waals surface area contributed by atoms with Crippen molar-refractivity contribution >= 4 is 21.6 Å². The van der Waals surface area contributed by atoms with Crippen molar-refractivity contribution in [3.8, 4) is 0 Å². The third-order valence-corrected chi connectivity index (χ3v) is 6.60. The predicted octanol–water partition coefficient (Wildman–Crippen LogP) is 2.61. The molecule has 1 aliphatic rings. The molecule has 0 spiro atoms. The molecule has 1 atom stereocenters. The average molecular weight is 420 g/mol. The summed E-state index contributed by atoms with van der Waals surface area (Å²) in [5, 5.41) is 0. The molecule has 0 saturated heterocycles. The number of fused-ring (bicyclic) bond motifs is 1. The zero-order chi connectivity index (χ0) is 21.2. The van der Waals surface area contributed by atoms with Crippen molar-refractivity contribution in [2.24, 2.45) is 5.92 Å². The molecule has 2 aromatic carbocycles. The van der Waals surface area contributed by atoms with Gasteiger partial charge >= 0.3 is 0 Å². The number of likely N-dealkylation sites (N-methyl/N-ethyl adjacent to an activating group) is 1. The molecule has 1 heterocycles. The molecule has 1 amide bonds. The number of carbonyl (C=O) groups is 1. The molecule has 0 saturated carbocycles. The number of anilines is 1. The molecule has 1 aliphatic heterocycles. The van der Waals surface area contributed by atoms with Crippen LogP contribution in [-0.2, 0) is 21.4 Å². The topological polar surface area (TPSA) is 69.7 Å². The van der Waals surface area contributed by atoms with Gasteiger partial charge in [-0.15, -0.1) is 0 Å². The summed E-state index contributed by atoms with van der Waals surface area (Å²) in [4.78, 5) is 16.6. The largest absolute Gasteiger partial charge is 0.373 e. The normalized spacial score (nSPS) is 15.8. The summed E-state index contributed by atoms with van der Waals surface area (Å²) >= 11 is 0. The zero-order valence-electron chi connectivity index (χ0n) is 16.8. The van der Waals surface area contributed by atoms with Crippen LogP contribution in [0.5, 0.6) is 0 Å². The summed E-state index contributed by atoms with van der Waals surface area (Å²) in [5.74, 6) is -1.47. The van der Waals surface area contributed by atoms with E-state index in [0.717, 1.165) is 17.3 Å². The van der Waals surface area contributed by atoms with Crippen LogP contribution in [0.4, 0.5) is 10.1 Å². The molecule has 8 heteroatoms. The number of nitrogens with one attached hydrogen (secondary N) is 1. The summed E-state index contributed by atoms with van der Waals surface area (Å²) < 4.78 is 42.0. The molecule has 1 N–H and O–H groups in total. The van der Waals surface area contributed by atoms with Crippen molar-refractivity contribution in [2.75, 3.05) is 25.0 Å². The Morgan fingerprint density at radius 3 is 2.41 bits per heavy atom. The van der Waals surface area contributed by atoms with Crippen molar-refractivity contribution in [3.63, 3.8) is 0 Å². The maximum Gasteiger partial charge on any atom is 0.244 e. The van der Waals surface area contributed by atoms with Gasteiger partial charge in [0.2, 0.25) is 15.9 Å². The third kappa shape index (κ3) is 4.59. The molecular formula is C21H26FN3O3S. The quantitative estimate of drug-likeness (QED) is 0.809. The van der Waals surface area contributed by atoms with Crippen molar-refractivity contribution in [2.45, 2.75) is 31.3 Å². The lowest BCUT2D eigenvalue weighted by Gasteiger charge is -2.29. The van der Waals surface area contributed by atoms with E-state index in [-0.39, 0.29) is 11.8 Å². The third-order valence-electron chi connectivity index (χ3n) is 5.12. The van der Waals surface area contributed by atoms with Gasteiger partial charge in [0, 0.05) is 32.4 Å². The van der Waals surface area contributed by atoms with Gasteiger partial charge in [-0.3, -0.25) is 4.79 Å². The SMILES string of the molecule is CC(C)[C@H](NS(=O)(=O)c1ccccc1F)C(=O)N1CCN(C)c2ccccc2C1. The lowest BCUT2D eigenvalue weighted by Crippen LogP contribution is -2.51. The molecule has 29 heavy (non-hydrogen) atoms. The van der Waals surface area contributed by atoms with Crippen LogP contribution in [-0.4, -0.2) is 45.4 Å². The summed E-state index contributed by atoms with van der Waals surface area (Å²) in [6.07, 6.45) is 0. The minimum atomic E-state index is -4.18. The van der Waals surface area contributed by atoms with Crippen LogP contribution in [0.15, 0.2) is 53.4 Å². The van der Waals surface area contributed by atoms with E-state index in [1.807, 2.05) is 31.3 Å². The van der Waals surface area contributed by atoms with Crippen LogP contribution < -0.4 is 9.62 Å². The predicted molar refractivity (Wildman–Crippen MR) is 110 cm³/mol. The van der Waals surface area contributed by atoms with Gasteiger partial charge in [0.05, 0.1) is 0 Å². The minimum Gasteiger partial charge on any atom is -0.373 e. The number of nitrogens with zero attached hydrogens (tertiary/aromatic N) is 2. The number of carbonyl (C=O) groups excluding carboxylic acids is 1. The van der Waals surface area contributed by atoms with Crippen LogP contribution >= 0.6 is 0 Å². The Hall–Kier alpha value is -2.45. The number of benzene rings is 2. The van der Waals surface area contributed by atoms with Gasteiger partial charge in [-0.25, -0.2) is 12.8 Å². The first-order chi connectivity index (χ1) is 13.7. The second kappa shape index (κ2) is 8.51. The summed E-state index contributed by atoms with van der Waals surface area (Å²) in [6, 6.07) is 12.0.